The van der Waals surface area contributed by atoms with Crippen molar-refractivity contribution in [1.82, 2.24) is 15.5 Å². The summed E-state index contributed by atoms with van der Waals surface area (Å²) in [5, 5.41) is 17.8. The molecule has 0 amide bonds. The number of aliphatic hydroxyl groups is 1. The van der Waals surface area contributed by atoms with Crippen LogP contribution in [0.1, 0.15) is 49.7 Å². The third kappa shape index (κ3) is 1.89. The Balaban J connectivity index is 1.56. The van der Waals surface area contributed by atoms with Crippen LogP contribution >= 0.6 is 0 Å². The van der Waals surface area contributed by atoms with Gasteiger partial charge in [-0.2, -0.15) is 4.98 Å². The van der Waals surface area contributed by atoms with Gasteiger partial charge in [0.2, 0.25) is 0 Å². The lowest BCUT2D eigenvalue weighted by Crippen LogP contribution is -2.43. The van der Waals surface area contributed by atoms with Crippen molar-refractivity contribution in [2.75, 3.05) is 13.1 Å². The average molecular weight is 265 g/mol. The predicted molar refractivity (Wildman–Crippen MR) is 65.6 cm³/mol. The van der Waals surface area contributed by atoms with E-state index in [1.807, 2.05) is 0 Å². The highest BCUT2D eigenvalue weighted by Crippen LogP contribution is 2.43. The summed E-state index contributed by atoms with van der Waals surface area (Å²) < 4.78 is 11.1. The molecule has 1 aromatic rings. The highest BCUT2D eigenvalue weighted by Gasteiger charge is 2.45. The van der Waals surface area contributed by atoms with Crippen LogP contribution in [0.25, 0.3) is 0 Å². The zero-order valence-electron chi connectivity index (χ0n) is 10.8. The monoisotopic (exact) mass is 265 g/mol. The molecule has 3 aliphatic heterocycles. The zero-order chi connectivity index (χ0) is 12.9. The molecule has 104 valence electrons. The smallest absolute Gasteiger partial charge is 0.259 e. The lowest BCUT2D eigenvalue weighted by molar-refractivity contribution is -0.0167. The van der Waals surface area contributed by atoms with Crippen molar-refractivity contribution < 1.29 is 14.4 Å². The standard InChI is InChI=1S/C13H19N3O3/c17-13(4-1-5-14-7-13)12-15-11(16-19-12)9-6-8-2-3-10(9)18-8/h8-10,14,17H,1-7H2. The van der Waals surface area contributed by atoms with Crippen LogP contribution in [0.4, 0.5) is 0 Å². The first-order valence-electron chi connectivity index (χ1n) is 7.17. The molecule has 0 aliphatic carbocycles. The Morgan fingerprint density at radius 1 is 1.37 bits per heavy atom. The molecule has 3 saturated heterocycles. The van der Waals surface area contributed by atoms with E-state index in [1.165, 1.54) is 0 Å². The van der Waals surface area contributed by atoms with E-state index in [1.54, 1.807) is 0 Å². The highest BCUT2D eigenvalue weighted by molar-refractivity contribution is 5.10. The number of fused-ring (bicyclic) bond motifs is 2. The van der Waals surface area contributed by atoms with E-state index >= 15 is 0 Å². The van der Waals surface area contributed by atoms with Gasteiger partial charge in [-0.1, -0.05) is 5.16 Å². The number of ether oxygens (including phenoxy) is 1. The Bertz CT molecular complexity index is 469. The van der Waals surface area contributed by atoms with Gasteiger partial charge in [0.1, 0.15) is 0 Å². The zero-order valence-corrected chi connectivity index (χ0v) is 10.8. The van der Waals surface area contributed by atoms with Crippen LogP contribution in [0, 0.1) is 0 Å². The van der Waals surface area contributed by atoms with Gasteiger partial charge in [-0.25, -0.2) is 0 Å². The van der Waals surface area contributed by atoms with Crippen LogP contribution < -0.4 is 5.32 Å². The van der Waals surface area contributed by atoms with Gasteiger partial charge in [0.25, 0.3) is 5.89 Å². The number of nitrogens with zero attached hydrogens (tertiary/aromatic N) is 2. The van der Waals surface area contributed by atoms with Crippen molar-refractivity contribution in [1.29, 1.82) is 0 Å². The van der Waals surface area contributed by atoms with Crippen LogP contribution in [0.15, 0.2) is 4.52 Å². The topological polar surface area (TPSA) is 80.4 Å². The van der Waals surface area contributed by atoms with Crippen LogP contribution in [0.2, 0.25) is 0 Å². The lowest BCUT2D eigenvalue weighted by Gasteiger charge is -2.28. The van der Waals surface area contributed by atoms with Crippen molar-refractivity contribution in [2.45, 2.75) is 55.8 Å². The van der Waals surface area contributed by atoms with Crippen molar-refractivity contribution >= 4 is 0 Å². The quantitative estimate of drug-likeness (QED) is 0.818. The summed E-state index contributed by atoms with van der Waals surface area (Å²) in [6, 6.07) is 0. The molecule has 1 aromatic heterocycles. The van der Waals surface area contributed by atoms with Gasteiger partial charge < -0.3 is 19.7 Å². The number of rotatable bonds is 2. The van der Waals surface area contributed by atoms with Crippen molar-refractivity contribution in [3.8, 4) is 0 Å². The van der Waals surface area contributed by atoms with E-state index in [2.05, 4.69) is 15.5 Å². The maximum absolute atomic E-state index is 10.5. The van der Waals surface area contributed by atoms with E-state index < -0.39 is 5.60 Å². The minimum atomic E-state index is -0.998. The second-order valence-corrected chi connectivity index (χ2v) is 5.99. The minimum absolute atomic E-state index is 0.245. The third-order valence-electron chi connectivity index (χ3n) is 4.64. The number of β-amino-alcohol motifs (C(OH)–C–C–N with tert-alkyl or cyclic N) is 1. The van der Waals surface area contributed by atoms with Gasteiger partial charge in [0.05, 0.1) is 18.1 Å². The predicted octanol–water partition coefficient (Wildman–Crippen LogP) is 0.675. The summed E-state index contributed by atoms with van der Waals surface area (Å²) in [5.74, 6) is 1.31. The normalized spacial score (nSPS) is 41.8. The second-order valence-electron chi connectivity index (χ2n) is 5.99. The molecule has 4 rings (SSSR count). The van der Waals surface area contributed by atoms with Crippen LogP contribution in [-0.4, -0.2) is 40.5 Å². The third-order valence-corrected chi connectivity index (χ3v) is 4.64. The first-order valence-corrected chi connectivity index (χ1v) is 7.17. The highest BCUT2D eigenvalue weighted by atomic mass is 16.5. The molecule has 6 heteroatoms. The number of hydrogen-bond donors (Lipinski definition) is 2. The Kier molecular flexibility index (Phi) is 2.65. The first kappa shape index (κ1) is 11.8. The van der Waals surface area contributed by atoms with Gasteiger partial charge >= 0.3 is 0 Å². The summed E-state index contributed by atoms with van der Waals surface area (Å²) in [4.78, 5) is 4.46. The molecule has 3 aliphatic rings. The molecule has 0 radical (unpaired) electrons. The average Bonchev–Trinajstić information content (AvgIpc) is 3.15. The van der Waals surface area contributed by atoms with Crippen LogP contribution in [0.5, 0.6) is 0 Å². The number of piperidine rings is 1. The number of nitrogens with one attached hydrogen (secondary N) is 1. The second kappa shape index (κ2) is 4.26. The summed E-state index contributed by atoms with van der Waals surface area (Å²) in [5.41, 5.74) is -0.998. The first-order chi connectivity index (χ1) is 9.24. The molecule has 0 spiro atoms. The van der Waals surface area contributed by atoms with Crippen molar-refractivity contribution in [3.05, 3.63) is 11.7 Å². The van der Waals surface area contributed by atoms with Gasteiger partial charge in [-0.3, -0.25) is 0 Å². The van der Waals surface area contributed by atoms with Crippen LogP contribution in [-0.2, 0) is 10.3 Å². The van der Waals surface area contributed by atoms with Gasteiger partial charge in [-0.15, -0.1) is 0 Å². The Morgan fingerprint density at radius 2 is 2.32 bits per heavy atom. The minimum Gasteiger partial charge on any atom is -0.379 e. The number of aromatic nitrogens is 2. The maximum Gasteiger partial charge on any atom is 0.259 e. The lowest BCUT2D eigenvalue weighted by atomic mass is 9.88. The summed E-state index contributed by atoms with van der Waals surface area (Å²) in [6.45, 7) is 1.42. The number of hydrogen-bond acceptors (Lipinski definition) is 6. The molecule has 6 nitrogen and oxygen atoms in total. The fourth-order valence-corrected chi connectivity index (χ4v) is 3.56. The summed E-state index contributed by atoms with van der Waals surface area (Å²) in [7, 11) is 0. The molecule has 4 unspecified atom stereocenters. The van der Waals surface area contributed by atoms with Gasteiger partial charge in [0.15, 0.2) is 11.4 Å². The maximum atomic E-state index is 10.5. The van der Waals surface area contributed by atoms with Gasteiger partial charge in [-0.05, 0) is 38.6 Å². The van der Waals surface area contributed by atoms with E-state index in [-0.39, 0.29) is 12.0 Å². The molecule has 19 heavy (non-hydrogen) atoms. The summed E-state index contributed by atoms with van der Waals surface area (Å²) in [6.07, 6.45) is 5.44. The van der Waals surface area contributed by atoms with E-state index in [9.17, 15) is 5.11 Å². The summed E-state index contributed by atoms with van der Waals surface area (Å²) >= 11 is 0. The molecule has 3 fully saturated rings. The molecular formula is C13H19N3O3. The van der Waals surface area contributed by atoms with Crippen LogP contribution in [0.3, 0.4) is 0 Å². The Labute approximate surface area is 111 Å². The van der Waals surface area contributed by atoms with E-state index in [0.29, 0.717) is 30.8 Å². The Hall–Kier alpha value is -0.980. The van der Waals surface area contributed by atoms with E-state index in [4.69, 9.17) is 9.26 Å². The fourth-order valence-electron chi connectivity index (χ4n) is 3.56. The van der Waals surface area contributed by atoms with Gasteiger partial charge in [0, 0.05) is 6.54 Å². The SMILES string of the molecule is OC1(c2nc(C3CC4CCC3O4)no2)CCCNC1. The Morgan fingerprint density at radius 3 is 3.00 bits per heavy atom. The van der Waals surface area contributed by atoms with E-state index in [0.717, 1.165) is 32.2 Å². The van der Waals surface area contributed by atoms with Crippen molar-refractivity contribution in [3.63, 3.8) is 0 Å². The van der Waals surface area contributed by atoms with Crippen molar-refractivity contribution in [2.24, 2.45) is 0 Å². The molecule has 4 heterocycles. The molecular weight excluding hydrogens is 246 g/mol. The molecule has 2 bridgehead atoms. The molecule has 0 saturated carbocycles. The molecule has 4 atom stereocenters. The molecule has 2 N–H and O–H groups in total. The molecule has 0 aromatic carbocycles. The largest absolute Gasteiger partial charge is 0.379 e. The fraction of sp³-hybridized carbons (Fsp3) is 0.846.